The highest BCUT2D eigenvalue weighted by Crippen LogP contribution is 2.32. The summed E-state index contributed by atoms with van der Waals surface area (Å²) in [5.41, 5.74) is 0. The number of halogens is 1. The molecule has 1 aliphatic carbocycles. The van der Waals surface area contributed by atoms with Gasteiger partial charge in [-0.2, -0.15) is 0 Å². The monoisotopic (exact) mass is 339 g/mol. The van der Waals surface area contributed by atoms with Gasteiger partial charge >= 0.3 is 6.01 Å². The molecule has 2 heterocycles. The SMILES string of the molecule is O=C(Nc1nnc(C2CCCCC2)o1)c1ccc(Br)o1. The highest BCUT2D eigenvalue weighted by Gasteiger charge is 2.22. The summed E-state index contributed by atoms with van der Waals surface area (Å²) < 4.78 is 11.2. The summed E-state index contributed by atoms with van der Waals surface area (Å²) in [6, 6.07) is 3.33. The summed E-state index contributed by atoms with van der Waals surface area (Å²) in [6.45, 7) is 0. The number of aromatic nitrogens is 2. The summed E-state index contributed by atoms with van der Waals surface area (Å²) in [5, 5.41) is 10.4. The minimum Gasteiger partial charge on any atom is -0.444 e. The lowest BCUT2D eigenvalue weighted by molar-refractivity contribution is 0.0992. The van der Waals surface area contributed by atoms with Crippen molar-refractivity contribution in [3.63, 3.8) is 0 Å². The molecule has 1 N–H and O–H groups in total. The molecule has 0 aliphatic heterocycles. The van der Waals surface area contributed by atoms with Gasteiger partial charge in [0, 0.05) is 5.92 Å². The van der Waals surface area contributed by atoms with Crippen LogP contribution in [0.4, 0.5) is 6.01 Å². The van der Waals surface area contributed by atoms with Crippen LogP contribution in [-0.2, 0) is 0 Å². The number of nitrogens with zero attached hydrogens (tertiary/aromatic N) is 2. The molecule has 1 aliphatic rings. The van der Waals surface area contributed by atoms with Gasteiger partial charge in [0.1, 0.15) is 0 Å². The molecule has 1 amide bonds. The number of carbonyl (C=O) groups excluding carboxylic acids is 1. The summed E-state index contributed by atoms with van der Waals surface area (Å²) in [6.07, 6.45) is 5.79. The van der Waals surface area contributed by atoms with Gasteiger partial charge in [0.2, 0.25) is 5.89 Å². The second-order valence-corrected chi connectivity index (χ2v) is 5.62. The number of nitrogens with one attached hydrogen (secondary N) is 1. The van der Waals surface area contributed by atoms with Crippen LogP contribution in [0.2, 0.25) is 0 Å². The first-order chi connectivity index (χ1) is 9.72. The molecule has 3 rings (SSSR count). The maximum absolute atomic E-state index is 11.9. The Morgan fingerprint density at radius 1 is 1.20 bits per heavy atom. The van der Waals surface area contributed by atoms with Gasteiger partial charge < -0.3 is 8.83 Å². The molecule has 0 bridgehead atoms. The Morgan fingerprint density at radius 3 is 2.70 bits per heavy atom. The van der Waals surface area contributed by atoms with E-state index in [0.717, 1.165) is 12.8 Å². The lowest BCUT2D eigenvalue weighted by atomic mass is 9.89. The maximum atomic E-state index is 11.9. The van der Waals surface area contributed by atoms with Crippen molar-refractivity contribution in [2.45, 2.75) is 38.0 Å². The first-order valence-electron chi connectivity index (χ1n) is 6.62. The third-order valence-electron chi connectivity index (χ3n) is 3.41. The Kier molecular flexibility index (Phi) is 3.86. The van der Waals surface area contributed by atoms with E-state index < -0.39 is 5.91 Å². The zero-order valence-electron chi connectivity index (χ0n) is 10.8. The molecule has 20 heavy (non-hydrogen) atoms. The first-order valence-corrected chi connectivity index (χ1v) is 7.42. The van der Waals surface area contributed by atoms with Gasteiger partial charge in [-0.05, 0) is 40.9 Å². The van der Waals surface area contributed by atoms with Gasteiger partial charge in [0.25, 0.3) is 5.91 Å². The predicted octanol–water partition coefficient (Wildman–Crippen LogP) is 3.73. The fourth-order valence-electron chi connectivity index (χ4n) is 2.39. The number of hydrogen-bond donors (Lipinski definition) is 1. The molecular weight excluding hydrogens is 326 g/mol. The van der Waals surface area contributed by atoms with Crippen LogP contribution in [0.15, 0.2) is 25.6 Å². The number of furan rings is 1. The van der Waals surface area contributed by atoms with Crippen molar-refractivity contribution in [2.24, 2.45) is 0 Å². The first kappa shape index (κ1) is 13.4. The molecule has 0 unspecified atom stereocenters. The van der Waals surface area contributed by atoms with Crippen LogP contribution in [0.25, 0.3) is 0 Å². The van der Waals surface area contributed by atoms with E-state index in [4.69, 9.17) is 8.83 Å². The van der Waals surface area contributed by atoms with Crippen LogP contribution in [0.1, 0.15) is 54.5 Å². The zero-order chi connectivity index (χ0) is 13.9. The lowest BCUT2D eigenvalue weighted by Crippen LogP contribution is -2.11. The molecule has 1 fully saturated rings. The van der Waals surface area contributed by atoms with Crippen LogP contribution < -0.4 is 5.32 Å². The van der Waals surface area contributed by atoms with Gasteiger partial charge in [-0.3, -0.25) is 10.1 Å². The van der Waals surface area contributed by atoms with Crippen LogP contribution in [0, 0.1) is 0 Å². The summed E-state index contributed by atoms with van der Waals surface area (Å²) in [7, 11) is 0. The summed E-state index contributed by atoms with van der Waals surface area (Å²) >= 11 is 3.14. The highest BCUT2D eigenvalue weighted by atomic mass is 79.9. The Morgan fingerprint density at radius 2 is 2.00 bits per heavy atom. The Balaban J connectivity index is 1.66. The molecule has 106 valence electrons. The smallest absolute Gasteiger partial charge is 0.322 e. The number of anilines is 1. The van der Waals surface area contributed by atoms with E-state index >= 15 is 0 Å². The van der Waals surface area contributed by atoms with E-state index in [-0.39, 0.29) is 11.8 Å². The van der Waals surface area contributed by atoms with Crippen molar-refractivity contribution in [3.05, 3.63) is 28.5 Å². The number of carbonyl (C=O) groups is 1. The van der Waals surface area contributed by atoms with Crippen molar-refractivity contribution < 1.29 is 13.6 Å². The van der Waals surface area contributed by atoms with E-state index in [1.807, 2.05) is 0 Å². The van der Waals surface area contributed by atoms with Gasteiger partial charge in [-0.1, -0.05) is 24.4 Å². The predicted molar refractivity (Wildman–Crippen MR) is 74.5 cm³/mol. The molecule has 0 atom stereocenters. The standard InChI is InChI=1S/C13H14BrN3O3/c14-10-7-6-9(19-10)11(18)15-13-17-16-12(20-13)8-4-2-1-3-5-8/h6-8H,1-5H2,(H,15,17,18). The van der Waals surface area contributed by atoms with E-state index in [1.54, 1.807) is 12.1 Å². The molecule has 1 saturated carbocycles. The minimum atomic E-state index is -0.408. The minimum absolute atomic E-state index is 0.114. The highest BCUT2D eigenvalue weighted by molar-refractivity contribution is 9.10. The zero-order valence-corrected chi connectivity index (χ0v) is 12.4. The Bertz CT molecular complexity index is 602. The largest absolute Gasteiger partial charge is 0.444 e. The molecule has 7 heteroatoms. The molecule has 0 radical (unpaired) electrons. The third-order valence-corrected chi connectivity index (χ3v) is 3.84. The Hall–Kier alpha value is -1.63. The summed E-state index contributed by atoms with van der Waals surface area (Å²) in [4.78, 5) is 11.9. The van der Waals surface area contributed by atoms with Gasteiger partial charge in [0.05, 0.1) is 0 Å². The fraction of sp³-hybridized carbons (Fsp3) is 0.462. The van der Waals surface area contributed by atoms with Crippen molar-refractivity contribution in [3.8, 4) is 0 Å². The lowest BCUT2D eigenvalue weighted by Gasteiger charge is -2.17. The maximum Gasteiger partial charge on any atom is 0.322 e. The number of amides is 1. The van der Waals surface area contributed by atoms with Crippen molar-refractivity contribution in [2.75, 3.05) is 5.32 Å². The van der Waals surface area contributed by atoms with Gasteiger partial charge in [0.15, 0.2) is 10.4 Å². The Labute approximate surface area is 124 Å². The van der Waals surface area contributed by atoms with Crippen LogP contribution in [0.5, 0.6) is 0 Å². The molecule has 2 aromatic heterocycles. The van der Waals surface area contributed by atoms with Crippen molar-refractivity contribution in [1.82, 2.24) is 10.2 Å². The number of rotatable bonds is 3. The van der Waals surface area contributed by atoms with Gasteiger partial charge in [-0.25, -0.2) is 0 Å². The second-order valence-electron chi connectivity index (χ2n) is 4.84. The van der Waals surface area contributed by atoms with Crippen LogP contribution >= 0.6 is 15.9 Å². The number of hydrogen-bond acceptors (Lipinski definition) is 5. The van der Waals surface area contributed by atoms with E-state index in [0.29, 0.717) is 16.5 Å². The topological polar surface area (TPSA) is 81.2 Å². The third kappa shape index (κ3) is 2.92. The molecular formula is C13H14BrN3O3. The van der Waals surface area contributed by atoms with E-state index in [9.17, 15) is 4.79 Å². The average Bonchev–Trinajstić information content (AvgIpc) is 3.09. The quantitative estimate of drug-likeness (QED) is 0.921. The molecule has 0 spiro atoms. The van der Waals surface area contributed by atoms with Crippen LogP contribution in [-0.4, -0.2) is 16.1 Å². The van der Waals surface area contributed by atoms with E-state index in [2.05, 4.69) is 31.4 Å². The van der Waals surface area contributed by atoms with Gasteiger partial charge in [-0.15, -0.1) is 5.10 Å². The van der Waals surface area contributed by atoms with Crippen molar-refractivity contribution in [1.29, 1.82) is 0 Å². The molecule has 2 aromatic rings. The van der Waals surface area contributed by atoms with Crippen molar-refractivity contribution >= 4 is 27.9 Å². The average molecular weight is 340 g/mol. The molecule has 6 nitrogen and oxygen atoms in total. The molecule has 0 saturated heterocycles. The van der Waals surface area contributed by atoms with Crippen LogP contribution in [0.3, 0.4) is 0 Å². The molecule has 0 aromatic carbocycles. The summed E-state index contributed by atoms with van der Waals surface area (Å²) in [5.74, 6) is 0.712. The second kappa shape index (κ2) is 5.78. The van der Waals surface area contributed by atoms with E-state index in [1.165, 1.54) is 19.3 Å². The normalized spacial score (nSPS) is 16.2. The fourth-order valence-corrected chi connectivity index (χ4v) is 2.70.